The average Bonchev–Trinajstić information content (AvgIpc) is 3.23. The van der Waals surface area contributed by atoms with Crippen LogP contribution >= 0.6 is 15.9 Å². The largest absolute Gasteiger partial charge is 0.313 e. The molecular weight excluding hydrogens is 352 g/mol. The summed E-state index contributed by atoms with van der Waals surface area (Å²) >= 11 is 3.46. The van der Waals surface area contributed by atoms with Gasteiger partial charge in [0, 0.05) is 17.6 Å². The van der Waals surface area contributed by atoms with Crippen LogP contribution in [0.15, 0.2) is 21.5 Å². The van der Waals surface area contributed by atoms with E-state index in [1.54, 1.807) is 6.07 Å². The summed E-state index contributed by atoms with van der Waals surface area (Å²) < 4.78 is 28.5. The van der Waals surface area contributed by atoms with Crippen molar-refractivity contribution in [1.29, 1.82) is 0 Å². The Hall–Kier alpha value is -0.430. The second kappa shape index (κ2) is 7.22. The summed E-state index contributed by atoms with van der Waals surface area (Å²) in [4.78, 5) is 0.376. The molecule has 0 atom stereocenters. The first-order chi connectivity index (χ1) is 9.94. The van der Waals surface area contributed by atoms with Gasteiger partial charge >= 0.3 is 0 Å². The van der Waals surface area contributed by atoms with Crippen molar-refractivity contribution in [2.24, 2.45) is 5.92 Å². The van der Waals surface area contributed by atoms with E-state index in [2.05, 4.69) is 26.0 Å². The van der Waals surface area contributed by atoms with E-state index in [0.29, 0.717) is 18.0 Å². The normalized spacial score (nSPS) is 15.4. The molecule has 0 amide bonds. The second-order valence-corrected chi connectivity index (χ2v) is 8.20. The molecule has 0 saturated heterocycles. The van der Waals surface area contributed by atoms with Crippen LogP contribution in [0.2, 0.25) is 0 Å². The molecule has 4 nitrogen and oxygen atoms in total. The predicted octanol–water partition coefficient (Wildman–Crippen LogP) is 2.95. The Balaban J connectivity index is 2.16. The van der Waals surface area contributed by atoms with Crippen LogP contribution in [0.4, 0.5) is 0 Å². The summed E-state index contributed by atoms with van der Waals surface area (Å²) in [5.74, 6) is 0.723. The van der Waals surface area contributed by atoms with Crippen molar-refractivity contribution in [3.63, 3.8) is 0 Å². The van der Waals surface area contributed by atoms with Crippen molar-refractivity contribution in [1.82, 2.24) is 10.0 Å². The number of halogens is 1. The van der Waals surface area contributed by atoms with E-state index in [1.165, 1.54) is 12.8 Å². The highest BCUT2D eigenvalue weighted by molar-refractivity contribution is 9.10. The van der Waals surface area contributed by atoms with E-state index in [9.17, 15) is 8.42 Å². The molecule has 21 heavy (non-hydrogen) atoms. The molecule has 1 aliphatic rings. The van der Waals surface area contributed by atoms with Gasteiger partial charge in [-0.05, 0) is 49.1 Å². The Labute approximate surface area is 135 Å². The molecule has 0 unspecified atom stereocenters. The predicted molar refractivity (Wildman–Crippen MR) is 88.8 cm³/mol. The minimum atomic E-state index is -3.44. The van der Waals surface area contributed by atoms with Gasteiger partial charge in [0.05, 0.1) is 4.90 Å². The molecule has 118 valence electrons. The summed E-state index contributed by atoms with van der Waals surface area (Å²) in [6.07, 6.45) is 3.42. The SMILES string of the molecule is CCNCc1cc(Br)c(C)c(S(=O)(=O)NCCC2CC2)c1. The molecule has 1 fully saturated rings. The second-order valence-electron chi connectivity index (χ2n) is 5.61. The lowest BCUT2D eigenvalue weighted by atomic mass is 10.1. The molecule has 0 aliphatic heterocycles. The molecule has 0 heterocycles. The van der Waals surface area contributed by atoms with Crippen LogP contribution in [0.25, 0.3) is 0 Å². The number of nitrogens with one attached hydrogen (secondary N) is 2. The van der Waals surface area contributed by atoms with Gasteiger partial charge in [-0.15, -0.1) is 0 Å². The number of sulfonamides is 1. The Morgan fingerprint density at radius 2 is 2.05 bits per heavy atom. The quantitative estimate of drug-likeness (QED) is 0.735. The van der Waals surface area contributed by atoms with Crippen molar-refractivity contribution >= 4 is 26.0 Å². The van der Waals surface area contributed by atoms with E-state index in [4.69, 9.17) is 0 Å². The van der Waals surface area contributed by atoms with Gasteiger partial charge in [-0.3, -0.25) is 0 Å². The molecule has 1 aliphatic carbocycles. The molecule has 1 aromatic rings. The van der Waals surface area contributed by atoms with E-state index >= 15 is 0 Å². The lowest BCUT2D eigenvalue weighted by Gasteiger charge is -2.13. The lowest BCUT2D eigenvalue weighted by molar-refractivity contribution is 0.574. The zero-order valence-corrected chi connectivity index (χ0v) is 15.0. The van der Waals surface area contributed by atoms with Crippen LogP contribution in [-0.4, -0.2) is 21.5 Å². The minimum absolute atomic E-state index is 0.376. The fourth-order valence-electron chi connectivity index (χ4n) is 2.24. The van der Waals surface area contributed by atoms with Crippen LogP contribution in [0.3, 0.4) is 0 Å². The van der Waals surface area contributed by atoms with Crippen LogP contribution in [-0.2, 0) is 16.6 Å². The topological polar surface area (TPSA) is 58.2 Å². The van der Waals surface area contributed by atoms with Crippen molar-refractivity contribution in [3.8, 4) is 0 Å². The number of hydrogen-bond donors (Lipinski definition) is 2. The van der Waals surface area contributed by atoms with Gasteiger partial charge in [-0.25, -0.2) is 13.1 Å². The molecule has 2 N–H and O–H groups in total. The summed E-state index contributed by atoms with van der Waals surface area (Å²) in [5.41, 5.74) is 1.73. The maximum absolute atomic E-state index is 12.5. The molecule has 6 heteroatoms. The zero-order chi connectivity index (χ0) is 15.5. The number of benzene rings is 1. The summed E-state index contributed by atoms with van der Waals surface area (Å²) in [7, 11) is -3.44. The molecule has 0 bridgehead atoms. The fourth-order valence-corrected chi connectivity index (χ4v) is 4.24. The highest BCUT2D eigenvalue weighted by Gasteiger charge is 2.23. The van der Waals surface area contributed by atoms with Crippen LogP contribution in [0.1, 0.15) is 37.3 Å². The summed E-state index contributed by atoms with van der Waals surface area (Å²) in [5, 5.41) is 3.22. The molecule has 0 spiro atoms. The highest BCUT2D eigenvalue weighted by atomic mass is 79.9. The maximum Gasteiger partial charge on any atom is 0.240 e. The Morgan fingerprint density at radius 3 is 2.67 bits per heavy atom. The summed E-state index contributed by atoms with van der Waals surface area (Å²) in [6, 6.07) is 3.74. The third-order valence-electron chi connectivity index (χ3n) is 3.77. The molecule has 1 aromatic carbocycles. The number of hydrogen-bond acceptors (Lipinski definition) is 3. The van der Waals surface area contributed by atoms with Gasteiger partial charge in [-0.1, -0.05) is 35.7 Å². The van der Waals surface area contributed by atoms with Gasteiger partial charge < -0.3 is 5.32 Å². The first-order valence-corrected chi connectivity index (χ1v) is 9.71. The van der Waals surface area contributed by atoms with Crippen molar-refractivity contribution in [2.75, 3.05) is 13.1 Å². The average molecular weight is 375 g/mol. The molecule has 1 saturated carbocycles. The highest BCUT2D eigenvalue weighted by Crippen LogP contribution is 2.32. The molecule has 2 rings (SSSR count). The molecule has 0 radical (unpaired) electrons. The van der Waals surface area contributed by atoms with Gasteiger partial charge in [0.1, 0.15) is 0 Å². The molecular formula is C15H23BrN2O2S. The summed E-state index contributed by atoms with van der Waals surface area (Å²) in [6.45, 7) is 5.91. The lowest BCUT2D eigenvalue weighted by Crippen LogP contribution is -2.26. The third kappa shape index (κ3) is 4.77. The number of rotatable bonds is 8. The van der Waals surface area contributed by atoms with Gasteiger partial charge in [-0.2, -0.15) is 0 Å². The Kier molecular flexibility index (Phi) is 5.82. The van der Waals surface area contributed by atoms with Gasteiger partial charge in [0.2, 0.25) is 10.0 Å². The fraction of sp³-hybridized carbons (Fsp3) is 0.600. The monoisotopic (exact) mass is 374 g/mol. The van der Waals surface area contributed by atoms with E-state index < -0.39 is 10.0 Å². The van der Waals surface area contributed by atoms with Crippen LogP contribution in [0.5, 0.6) is 0 Å². The van der Waals surface area contributed by atoms with E-state index in [1.807, 2.05) is 19.9 Å². The first-order valence-electron chi connectivity index (χ1n) is 7.43. The zero-order valence-electron chi connectivity index (χ0n) is 12.6. The van der Waals surface area contributed by atoms with E-state index in [-0.39, 0.29) is 0 Å². The van der Waals surface area contributed by atoms with Crippen molar-refractivity contribution in [3.05, 3.63) is 27.7 Å². The minimum Gasteiger partial charge on any atom is -0.313 e. The smallest absolute Gasteiger partial charge is 0.240 e. The third-order valence-corrected chi connectivity index (χ3v) is 6.18. The van der Waals surface area contributed by atoms with Crippen LogP contribution < -0.4 is 10.0 Å². The van der Waals surface area contributed by atoms with E-state index in [0.717, 1.165) is 34.5 Å². The Bertz CT molecular complexity index is 598. The molecule has 0 aromatic heterocycles. The first kappa shape index (κ1) is 16.9. The standard InChI is InChI=1S/C15H23BrN2O2S/c1-3-17-10-13-8-14(16)11(2)15(9-13)21(19,20)18-7-6-12-4-5-12/h8-9,12,17-18H,3-7,10H2,1-2H3. The van der Waals surface area contributed by atoms with Gasteiger partial charge in [0.15, 0.2) is 0 Å². The van der Waals surface area contributed by atoms with Crippen molar-refractivity contribution in [2.45, 2.75) is 44.6 Å². The van der Waals surface area contributed by atoms with Gasteiger partial charge in [0.25, 0.3) is 0 Å². The van der Waals surface area contributed by atoms with Crippen LogP contribution in [0, 0.1) is 12.8 Å². The maximum atomic E-state index is 12.5. The van der Waals surface area contributed by atoms with Crippen molar-refractivity contribution < 1.29 is 8.42 Å². The Morgan fingerprint density at radius 1 is 1.33 bits per heavy atom.